The molecule has 0 unspecified atom stereocenters. The second-order valence-corrected chi connectivity index (χ2v) is 12.4. The lowest BCUT2D eigenvalue weighted by atomic mass is 9.95. The Morgan fingerprint density at radius 2 is 1.77 bits per heavy atom. The third-order valence-electron chi connectivity index (χ3n) is 9.79. The van der Waals surface area contributed by atoms with Crippen LogP contribution in [-0.4, -0.2) is 71.4 Å². The molecular weight excluding hydrogens is 565 g/mol. The van der Waals surface area contributed by atoms with Crippen LogP contribution in [0, 0.1) is 23.3 Å². The normalized spacial score (nSPS) is 27.0. The van der Waals surface area contributed by atoms with Gasteiger partial charge in [0.25, 0.3) is 0 Å². The molecule has 6 nitrogen and oxygen atoms in total. The number of halogens is 5. The van der Waals surface area contributed by atoms with Gasteiger partial charge in [0, 0.05) is 48.9 Å². The van der Waals surface area contributed by atoms with Gasteiger partial charge in [0.15, 0.2) is 17.5 Å². The summed E-state index contributed by atoms with van der Waals surface area (Å²) in [6.45, 7) is 2.49. The number of benzene rings is 3. The highest BCUT2D eigenvalue weighted by molar-refractivity contribution is 6.01. The zero-order valence-electron chi connectivity index (χ0n) is 23.4. The molecule has 0 aliphatic carbocycles. The molecule has 8 rings (SSSR count). The van der Waals surface area contributed by atoms with Gasteiger partial charge in [-0.2, -0.15) is 9.97 Å². The summed E-state index contributed by atoms with van der Waals surface area (Å²) < 4.78 is 82.4. The van der Waals surface area contributed by atoms with E-state index in [9.17, 15) is 8.78 Å². The maximum Gasteiger partial charge on any atom is 0.319 e. The minimum absolute atomic E-state index is 0.0801. The molecule has 4 aromatic rings. The standard InChI is InChI=1S/C32H30F5N5O/c33-18-12-32(9-2-10-42(32)13-18)16-43-31-39-29-22(30(40-31)41-14-19-6-7-20(15-41)38-19)11-24(35)26(28(29)37)21-4-1-3-17-5-8-23(34)27(36)25(17)21/h1,3-5,8,11,18-20,38H,2,6-7,9-10,12-16H2/t18-,19-,20+,32+/m1/s1. The average molecular weight is 596 g/mol. The van der Waals surface area contributed by atoms with Gasteiger partial charge in [-0.05, 0) is 55.3 Å². The molecule has 0 saturated carbocycles. The number of fused-ring (bicyclic) bond motifs is 5. The molecule has 0 spiro atoms. The van der Waals surface area contributed by atoms with Crippen molar-refractivity contribution in [3.63, 3.8) is 0 Å². The average Bonchev–Trinajstić information content (AvgIpc) is 3.64. The van der Waals surface area contributed by atoms with Gasteiger partial charge in [-0.1, -0.05) is 24.3 Å². The molecule has 43 heavy (non-hydrogen) atoms. The van der Waals surface area contributed by atoms with Crippen LogP contribution in [-0.2, 0) is 0 Å². The first-order chi connectivity index (χ1) is 20.8. The summed E-state index contributed by atoms with van der Waals surface area (Å²) in [5, 5.41) is 3.81. The molecule has 4 aliphatic heterocycles. The van der Waals surface area contributed by atoms with E-state index in [2.05, 4.69) is 20.2 Å². The Balaban J connectivity index is 1.28. The van der Waals surface area contributed by atoms with Crippen molar-refractivity contribution in [1.29, 1.82) is 0 Å². The lowest BCUT2D eigenvalue weighted by molar-refractivity contribution is 0.107. The topological polar surface area (TPSA) is 53.5 Å². The van der Waals surface area contributed by atoms with Gasteiger partial charge in [0.1, 0.15) is 29.9 Å². The summed E-state index contributed by atoms with van der Waals surface area (Å²) in [7, 11) is 0. The van der Waals surface area contributed by atoms with Crippen LogP contribution in [0.2, 0.25) is 0 Å². The van der Waals surface area contributed by atoms with Crippen LogP contribution in [0.1, 0.15) is 32.1 Å². The van der Waals surface area contributed by atoms with Crippen molar-refractivity contribution in [1.82, 2.24) is 20.2 Å². The Morgan fingerprint density at radius 1 is 0.953 bits per heavy atom. The number of ether oxygens (including phenoxy) is 1. The molecule has 11 heteroatoms. The van der Waals surface area contributed by atoms with Crippen LogP contribution in [0.15, 0.2) is 36.4 Å². The number of alkyl halides is 1. The summed E-state index contributed by atoms with van der Waals surface area (Å²) in [5.74, 6) is -3.88. The molecule has 3 aromatic carbocycles. The number of aromatic nitrogens is 2. The summed E-state index contributed by atoms with van der Waals surface area (Å²) in [5.41, 5.74) is -1.26. The van der Waals surface area contributed by atoms with Gasteiger partial charge in [-0.3, -0.25) is 4.90 Å². The number of piperazine rings is 1. The zero-order chi connectivity index (χ0) is 29.5. The highest BCUT2D eigenvalue weighted by Gasteiger charge is 2.49. The molecule has 4 saturated heterocycles. The molecular formula is C32H30F5N5O. The van der Waals surface area contributed by atoms with E-state index in [0.717, 1.165) is 38.3 Å². The summed E-state index contributed by atoms with van der Waals surface area (Å²) >= 11 is 0. The molecule has 1 aromatic heterocycles. The number of anilines is 1. The van der Waals surface area contributed by atoms with Crippen LogP contribution in [0.4, 0.5) is 27.8 Å². The van der Waals surface area contributed by atoms with Gasteiger partial charge in [0.2, 0.25) is 0 Å². The van der Waals surface area contributed by atoms with Crippen molar-refractivity contribution in [3.8, 4) is 17.1 Å². The van der Waals surface area contributed by atoms with E-state index in [1.165, 1.54) is 18.2 Å². The Labute approximate surface area is 244 Å². The van der Waals surface area contributed by atoms with Crippen molar-refractivity contribution in [3.05, 3.63) is 59.7 Å². The largest absolute Gasteiger partial charge is 0.461 e. The predicted molar refractivity (Wildman–Crippen MR) is 153 cm³/mol. The first-order valence-corrected chi connectivity index (χ1v) is 14.9. The number of hydrogen-bond donors (Lipinski definition) is 1. The van der Waals surface area contributed by atoms with Crippen molar-refractivity contribution in [2.24, 2.45) is 0 Å². The molecule has 4 fully saturated rings. The second kappa shape index (κ2) is 9.99. The second-order valence-electron chi connectivity index (χ2n) is 12.4. The summed E-state index contributed by atoms with van der Waals surface area (Å²) in [6.07, 6.45) is 3.10. The first kappa shape index (κ1) is 27.0. The fraction of sp³-hybridized carbons (Fsp3) is 0.438. The van der Waals surface area contributed by atoms with Gasteiger partial charge >= 0.3 is 6.01 Å². The Kier molecular flexibility index (Phi) is 6.27. The first-order valence-electron chi connectivity index (χ1n) is 14.9. The van der Waals surface area contributed by atoms with E-state index in [0.29, 0.717) is 37.3 Å². The molecule has 224 valence electrons. The minimum Gasteiger partial charge on any atom is -0.461 e. The van der Waals surface area contributed by atoms with E-state index >= 15 is 13.2 Å². The fourth-order valence-electron chi connectivity index (χ4n) is 7.85. The SMILES string of the molecule is Fc1cc2c(N3C[C@H]4CC[C@@H](C3)N4)nc(OC[C@@]34CCCN3C[C@H](F)C4)nc2c(F)c1-c1cccc2ccc(F)c(F)c12. The van der Waals surface area contributed by atoms with E-state index in [-0.39, 0.29) is 46.6 Å². The molecule has 4 aliphatic rings. The third kappa shape index (κ3) is 4.34. The van der Waals surface area contributed by atoms with Crippen LogP contribution in [0.25, 0.3) is 32.8 Å². The zero-order valence-corrected chi connectivity index (χ0v) is 23.4. The van der Waals surface area contributed by atoms with Gasteiger partial charge in [-0.15, -0.1) is 0 Å². The number of hydrogen-bond acceptors (Lipinski definition) is 6. The van der Waals surface area contributed by atoms with Gasteiger partial charge < -0.3 is 15.0 Å². The van der Waals surface area contributed by atoms with Crippen molar-refractivity contribution in [2.75, 3.05) is 37.7 Å². The highest BCUT2D eigenvalue weighted by atomic mass is 19.2. The third-order valence-corrected chi connectivity index (χ3v) is 9.79. The van der Waals surface area contributed by atoms with Crippen LogP contribution < -0.4 is 15.0 Å². The van der Waals surface area contributed by atoms with E-state index < -0.39 is 40.5 Å². The predicted octanol–water partition coefficient (Wildman–Crippen LogP) is 5.90. The Morgan fingerprint density at radius 3 is 2.58 bits per heavy atom. The quantitative estimate of drug-likeness (QED) is 0.290. The molecule has 4 atom stereocenters. The summed E-state index contributed by atoms with van der Waals surface area (Å²) in [6, 6.07) is 8.36. The van der Waals surface area contributed by atoms with E-state index in [1.54, 1.807) is 12.1 Å². The maximum atomic E-state index is 16.6. The number of rotatable bonds is 5. The number of nitrogens with one attached hydrogen (secondary N) is 1. The fourth-order valence-corrected chi connectivity index (χ4v) is 7.85. The highest BCUT2D eigenvalue weighted by Crippen LogP contribution is 2.42. The van der Waals surface area contributed by atoms with Crippen LogP contribution in [0.5, 0.6) is 6.01 Å². The molecule has 0 amide bonds. The van der Waals surface area contributed by atoms with Gasteiger partial charge in [0.05, 0.1) is 11.1 Å². The van der Waals surface area contributed by atoms with Gasteiger partial charge in [-0.25, -0.2) is 22.0 Å². The van der Waals surface area contributed by atoms with Crippen LogP contribution >= 0.6 is 0 Å². The molecule has 5 heterocycles. The Hall–Kier alpha value is -3.57. The van der Waals surface area contributed by atoms with Crippen molar-refractivity contribution >= 4 is 27.5 Å². The number of nitrogens with zero attached hydrogens (tertiary/aromatic N) is 4. The van der Waals surface area contributed by atoms with E-state index in [1.807, 2.05) is 4.90 Å². The van der Waals surface area contributed by atoms with Crippen molar-refractivity contribution < 1.29 is 26.7 Å². The molecule has 2 bridgehead atoms. The molecule has 0 radical (unpaired) electrons. The maximum absolute atomic E-state index is 16.6. The Bertz CT molecular complexity index is 1760. The smallest absolute Gasteiger partial charge is 0.319 e. The lowest BCUT2D eigenvalue weighted by Crippen LogP contribution is -2.51. The van der Waals surface area contributed by atoms with E-state index in [4.69, 9.17) is 4.74 Å². The minimum atomic E-state index is -1.18. The summed E-state index contributed by atoms with van der Waals surface area (Å²) in [4.78, 5) is 13.2. The van der Waals surface area contributed by atoms with Crippen LogP contribution in [0.3, 0.4) is 0 Å². The monoisotopic (exact) mass is 595 g/mol. The lowest BCUT2D eigenvalue weighted by Gasteiger charge is -2.34. The van der Waals surface area contributed by atoms with Crippen molar-refractivity contribution in [2.45, 2.75) is 55.9 Å². The molecule has 1 N–H and O–H groups in total.